The van der Waals surface area contributed by atoms with E-state index in [1.54, 1.807) is 6.26 Å². The first-order valence-corrected chi connectivity index (χ1v) is 2.55. The molecule has 3 nitrogen and oxygen atoms in total. The quantitative estimate of drug-likeness (QED) is 0.765. The van der Waals surface area contributed by atoms with Crippen molar-refractivity contribution in [2.75, 3.05) is 11.9 Å². The fourth-order valence-electron chi connectivity index (χ4n) is 0.481. The molecule has 0 aliphatic heterocycles. The monoisotopic (exact) mass is 184 g/mol. The number of anilines is 1. The van der Waals surface area contributed by atoms with Crippen LogP contribution in [0.5, 0.6) is 0 Å². The minimum Gasteiger partial charge on any atom is -0.449 e. The lowest BCUT2D eigenvalue weighted by Crippen LogP contribution is -1.95. The van der Waals surface area contributed by atoms with Crippen molar-refractivity contribution >= 4 is 30.6 Å². The lowest BCUT2D eigenvalue weighted by atomic mass is 10.7. The molecule has 1 heterocycles. The topological polar surface area (TPSA) is 38.1 Å². The van der Waals surface area contributed by atoms with E-state index in [1.807, 2.05) is 6.92 Å². The second-order valence-corrected chi connectivity index (χ2v) is 1.40. The molecule has 0 aliphatic rings. The van der Waals surface area contributed by atoms with E-state index >= 15 is 0 Å². The number of halogens is 2. The van der Waals surface area contributed by atoms with Gasteiger partial charge in [-0.3, -0.25) is 0 Å². The number of aromatic nitrogens is 1. The molecule has 0 spiro atoms. The molecule has 0 unspecified atom stereocenters. The van der Waals surface area contributed by atoms with Crippen molar-refractivity contribution in [2.24, 2.45) is 0 Å². The van der Waals surface area contributed by atoms with Crippen LogP contribution in [0.1, 0.15) is 6.92 Å². The molecule has 10 heavy (non-hydrogen) atoms. The predicted molar refractivity (Wildman–Crippen MR) is 45.2 cm³/mol. The first-order chi connectivity index (χ1) is 3.93. The van der Waals surface area contributed by atoms with Crippen LogP contribution >= 0.6 is 24.8 Å². The van der Waals surface area contributed by atoms with Crippen LogP contribution in [-0.2, 0) is 0 Å². The summed E-state index contributed by atoms with van der Waals surface area (Å²) >= 11 is 0. The third-order valence-corrected chi connectivity index (χ3v) is 0.790. The van der Waals surface area contributed by atoms with Gasteiger partial charge in [0, 0.05) is 6.54 Å². The van der Waals surface area contributed by atoms with Crippen molar-refractivity contribution in [3.8, 4) is 0 Å². The largest absolute Gasteiger partial charge is 0.449 e. The van der Waals surface area contributed by atoms with E-state index < -0.39 is 0 Å². The number of nitrogens with one attached hydrogen (secondary N) is 1. The van der Waals surface area contributed by atoms with Crippen molar-refractivity contribution in [1.29, 1.82) is 0 Å². The highest BCUT2D eigenvalue weighted by atomic mass is 35.5. The third-order valence-electron chi connectivity index (χ3n) is 0.790. The summed E-state index contributed by atoms with van der Waals surface area (Å²) in [7, 11) is 0. The molecule has 0 saturated heterocycles. The molecule has 1 aromatic heterocycles. The maximum absolute atomic E-state index is 4.69. The van der Waals surface area contributed by atoms with Gasteiger partial charge in [0.05, 0.1) is 0 Å². The molecule has 0 aliphatic carbocycles. The van der Waals surface area contributed by atoms with E-state index in [-0.39, 0.29) is 24.8 Å². The molecule has 1 N–H and O–H groups in total. The Hall–Kier alpha value is -0.410. The van der Waals surface area contributed by atoms with E-state index in [0.717, 1.165) is 12.4 Å². The highest BCUT2D eigenvalue weighted by molar-refractivity contribution is 5.85. The number of hydrogen-bond acceptors (Lipinski definition) is 3. The summed E-state index contributed by atoms with van der Waals surface area (Å²) in [6.45, 7) is 2.89. The van der Waals surface area contributed by atoms with Crippen LogP contribution < -0.4 is 5.32 Å². The maximum Gasteiger partial charge on any atom is 0.182 e. The van der Waals surface area contributed by atoms with Gasteiger partial charge in [0.2, 0.25) is 0 Å². The van der Waals surface area contributed by atoms with Gasteiger partial charge in [0.1, 0.15) is 6.26 Å². The zero-order valence-corrected chi connectivity index (χ0v) is 7.17. The molecule has 0 bridgehead atoms. The lowest BCUT2D eigenvalue weighted by Gasteiger charge is -1.90. The van der Waals surface area contributed by atoms with Crippen LogP contribution in [0.15, 0.2) is 17.1 Å². The van der Waals surface area contributed by atoms with Gasteiger partial charge in [-0.25, -0.2) is 0 Å². The van der Waals surface area contributed by atoms with E-state index in [1.165, 1.54) is 6.39 Å². The number of hydrogen-bond donors (Lipinski definition) is 1. The van der Waals surface area contributed by atoms with Crippen LogP contribution in [0.2, 0.25) is 0 Å². The van der Waals surface area contributed by atoms with Gasteiger partial charge >= 0.3 is 0 Å². The van der Waals surface area contributed by atoms with Gasteiger partial charge in [0.15, 0.2) is 12.2 Å². The van der Waals surface area contributed by atoms with Gasteiger partial charge in [-0.05, 0) is 6.92 Å². The zero-order chi connectivity index (χ0) is 5.82. The minimum atomic E-state index is 0. The Morgan fingerprint density at radius 1 is 1.60 bits per heavy atom. The van der Waals surface area contributed by atoms with E-state index in [0.29, 0.717) is 0 Å². The Balaban J connectivity index is 0. The SMILES string of the molecule is CCNc1cocn1.Cl.Cl. The first kappa shape index (κ1) is 12.3. The lowest BCUT2D eigenvalue weighted by molar-refractivity contribution is 0.558. The van der Waals surface area contributed by atoms with Crippen molar-refractivity contribution in [3.05, 3.63) is 12.7 Å². The van der Waals surface area contributed by atoms with Crippen LogP contribution in [-0.4, -0.2) is 11.5 Å². The molecule has 0 radical (unpaired) electrons. The normalized spacial score (nSPS) is 7.30. The Bertz CT molecular complexity index is 143. The number of rotatable bonds is 2. The van der Waals surface area contributed by atoms with Gasteiger partial charge in [-0.1, -0.05) is 0 Å². The second kappa shape index (κ2) is 6.71. The summed E-state index contributed by atoms with van der Waals surface area (Å²) in [6.07, 6.45) is 2.97. The summed E-state index contributed by atoms with van der Waals surface area (Å²) < 4.78 is 4.69. The first-order valence-electron chi connectivity index (χ1n) is 2.55. The third kappa shape index (κ3) is 3.58. The van der Waals surface area contributed by atoms with E-state index in [2.05, 4.69) is 10.3 Å². The summed E-state index contributed by atoms with van der Waals surface area (Å²) in [5, 5.41) is 2.98. The van der Waals surface area contributed by atoms with Crippen LogP contribution in [0.4, 0.5) is 5.82 Å². The average molecular weight is 185 g/mol. The van der Waals surface area contributed by atoms with E-state index in [4.69, 9.17) is 4.42 Å². The Morgan fingerprint density at radius 3 is 2.70 bits per heavy atom. The summed E-state index contributed by atoms with van der Waals surface area (Å²) in [5.41, 5.74) is 0. The molecule has 1 rings (SSSR count). The van der Waals surface area contributed by atoms with Crippen molar-refractivity contribution in [3.63, 3.8) is 0 Å². The highest BCUT2D eigenvalue weighted by Gasteiger charge is 1.87. The van der Waals surface area contributed by atoms with Crippen molar-refractivity contribution < 1.29 is 4.42 Å². The van der Waals surface area contributed by atoms with Crippen molar-refractivity contribution in [1.82, 2.24) is 4.98 Å². The average Bonchev–Trinajstić information content (AvgIpc) is 2.19. The van der Waals surface area contributed by atoms with Crippen LogP contribution in [0.3, 0.4) is 0 Å². The van der Waals surface area contributed by atoms with Gasteiger partial charge in [0.25, 0.3) is 0 Å². The molecule has 60 valence electrons. The molecular weight excluding hydrogens is 175 g/mol. The van der Waals surface area contributed by atoms with E-state index in [9.17, 15) is 0 Å². The molecule has 0 amide bonds. The summed E-state index contributed by atoms with van der Waals surface area (Å²) in [4.78, 5) is 3.83. The van der Waals surface area contributed by atoms with Gasteiger partial charge < -0.3 is 9.73 Å². The standard InChI is InChI=1S/C5H8N2O.2ClH/c1-2-6-5-3-8-4-7-5;;/h3-4,6H,2H2,1H3;2*1H. The molecule has 5 heteroatoms. The van der Waals surface area contributed by atoms with Crippen molar-refractivity contribution in [2.45, 2.75) is 6.92 Å². The number of nitrogens with zero attached hydrogens (tertiary/aromatic N) is 1. The highest BCUT2D eigenvalue weighted by Crippen LogP contribution is 1.98. The minimum absolute atomic E-state index is 0. The fraction of sp³-hybridized carbons (Fsp3) is 0.400. The Kier molecular flexibility index (Phi) is 8.24. The molecule has 1 aromatic rings. The van der Waals surface area contributed by atoms with Crippen LogP contribution in [0, 0.1) is 0 Å². The van der Waals surface area contributed by atoms with Gasteiger partial charge in [-0.2, -0.15) is 4.98 Å². The molecule has 0 saturated carbocycles. The second-order valence-electron chi connectivity index (χ2n) is 1.40. The van der Waals surface area contributed by atoms with Gasteiger partial charge in [-0.15, -0.1) is 24.8 Å². The maximum atomic E-state index is 4.69. The Morgan fingerprint density at radius 2 is 2.30 bits per heavy atom. The summed E-state index contributed by atoms with van der Waals surface area (Å²) in [6, 6.07) is 0. The Labute approximate surface area is 72.0 Å². The molecule has 0 aromatic carbocycles. The molecule has 0 atom stereocenters. The van der Waals surface area contributed by atoms with Crippen LogP contribution in [0.25, 0.3) is 0 Å². The zero-order valence-electron chi connectivity index (χ0n) is 5.53. The smallest absolute Gasteiger partial charge is 0.182 e. The predicted octanol–water partition coefficient (Wildman–Crippen LogP) is 1.95. The molecule has 0 fully saturated rings. The number of oxazole rings is 1. The summed E-state index contributed by atoms with van der Waals surface area (Å²) in [5.74, 6) is 0.799. The fourth-order valence-corrected chi connectivity index (χ4v) is 0.481. The molecular formula is C5H10Cl2N2O.